The average molecular weight is 400 g/mol. The number of hydrogen-bond acceptors (Lipinski definition) is 5. The molecule has 1 atom stereocenters. The Labute approximate surface area is 168 Å². The highest BCUT2D eigenvalue weighted by Crippen LogP contribution is 2.32. The van der Waals surface area contributed by atoms with Crippen LogP contribution in [0.5, 0.6) is 0 Å². The summed E-state index contributed by atoms with van der Waals surface area (Å²) in [6, 6.07) is 20.2. The number of furan rings is 1. The van der Waals surface area contributed by atoms with E-state index < -0.39 is 0 Å². The lowest BCUT2D eigenvalue weighted by molar-refractivity contribution is 0.475. The van der Waals surface area contributed by atoms with Crippen molar-refractivity contribution < 1.29 is 4.42 Å². The Morgan fingerprint density at radius 1 is 1.00 bits per heavy atom. The molecule has 0 saturated heterocycles. The number of hydrogen-bond donors (Lipinski definition) is 3. The largest absolute Gasteiger partial charge is 0.460 e. The molecule has 0 spiro atoms. The van der Waals surface area contributed by atoms with Crippen LogP contribution in [0.3, 0.4) is 0 Å². The van der Waals surface area contributed by atoms with Gasteiger partial charge in [-0.25, -0.2) is 4.72 Å². The molecule has 1 aliphatic heterocycles. The summed E-state index contributed by atoms with van der Waals surface area (Å²) in [6.45, 7) is 2.62. The van der Waals surface area contributed by atoms with Crippen molar-refractivity contribution in [3.05, 3.63) is 77.0 Å². The summed E-state index contributed by atoms with van der Waals surface area (Å²) in [7, 11) is 0. The first kappa shape index (κ1) is 18.6. The second-order valence-electron chi connectivity index (χ2n) is 6.45. The lowest BCUT2D eigenvalue weighted by atomic mass is 10.2. The van der Waals surface area contributed by atoms with Gasteiger partial charge in [-0.1, -0.05) is 29.8 Å². The van der Waals surface area contributed by atoms with Gasteiger partial charge in [-0.05, 0) is 79.5 Å². The molecule has 0 radical (unpaired) electrons. The van der Waals surface area contributed by atoms with Crippen molar-refractivity contribution in [3.63, 3.8) is 0 Å². The molecule has 0 fully saturated rings. The van der Waals surface area contributed by atoms with E-state index in [0.29, 0.717) is 0 Å². The van der Waals surface area contributed by atoms with Crippen molar-refractivity contribution in [1.82, 2.24) is 15.4 Å². The maximum atomic E-state index is 5.93. The van der Waals surface area contributed by atoms with Crippen LogP contribution in [0.4, 0.5) is 0 Å². The van der Waals surface area contributed by atoms with Gasteiger partial charge in [0.25, 0.3) is 0 Å². The zero-order chi connectivity index (χ0) is 18.5. The van der Waals surface area contributed by atoms with E-state index in [1.165, 1.54) is 10.5 Å². The molecule has 140 valence electrons. The van der Waals surface area contributed by atoms with E-state index in [-0.39, 0.29) is 6.17 Å². The van der Waals surface area contributed by atoms with Crippen LogP contribution in [0.25, 0.3) is 11.3 Å². The Morgan fingerprint density at radius 3 is 2.74 bits per heavy atom. The Morgan fingerprint density at radius 2 is 1.85 bits per heavy atom. The highest BCUT2D eigenvalue weighted by Gasteiger charge is 2.20. The maximum Gasteiger partial charge on any atom is 0.134 e. The highest BCUT2D eigenvalue weighted by molar-refractivity contribution is 7.97. The van der Waals surface area contributed by atoms with Crippen molar-refractivity contribution in [2.45, 2.75) is 24.0 Å². The quantitative estimate of drug-likeness (QED) is 0.368. The number of benzene rings is 2. The smallest absolute Gasteiger partial charge is 0.134 e. The molecule has 6 heteroatoms. The Hall–Kier alpha value is -1.76. The molecule has 1 aromatic heterocycles. The first-order valence-corrected chi connectivity index (χ1v) is 10.3. The van der Waals surface area contributed by atoms with Gasteiger partial charge in [-0.2, -0.15) is 0 Å². The molecule has 1 unspecified atom stereocenters. The molecule has 1 aliphatic rings. The predicted octanol–water partition coefficient (Wildman–Crippen LogP) is 4.98. The van der Waals surface area contributed by atoms with Crippen LogP contribution in [0.1, 0.15) is 23.9 Å². The van der Waals surface area contributed by atoms with Crippen molar-refractivity contribution in [3.8, 4) is 11.3 Å². The van der Waals surface area contributed by atoms with Gasteiger partial charge in [0.2, 0.25) is 0 Å². The fraction of sp³-hybridized carbons (Fsp3) is 0.238. The van der Waals surface area contributed by atoms with Gasteiger partial charge in [0.1, 0.15) is 11.5 Å². The van der Waals surface area contributed by atoms with E-state index in [1.54, 1.807) is 11.9 Å². The number of nitrogens with one attached hydrogen (secondary N) is 3. The molecular formula is C21H22ClN3OS. The monoisotopic (exact) mass is 399 g/mol. The summed E-state index contributed by atoms with van der Waals surface area (Å²) < 4.78 is 9.32. The zero-order valence-electron chi connectivity index (χ0n) is 14.9. The van der Waals surface area contributed by atoms with Crippen LogP contribution in [0.2, 0.25) is 5.02 Å². The van der Waals surface area contributed by atoms with Crippen LogP contribution < -0.4 is 15.4 Å². The van der Waals surface area contributed by atoms with E-state index in [0.717, 1.165) is 48.2 Å². The van der Waals surface area contributed by atoms with Crippen LogP contribution in [-0.4, -0.2) is 13.1 Å². The minimum atomic E-state index is 0.234. The molecule has 27 heavy (non-hydrogen) atoms. The predicted molar refractivity (Wildman–Crippen MR) is 112 cm³/mol. The van der Waals surface area contributed by atoms with Crippen molar-refractivity contribution in [1.29, 1.82) is 0 Å². The average Bonchev–Trinajstić information content (AvgIpc) is 3.32. The van der Waals surface area contributed by atoms with Gasteiger partial charge < -0.3 is 9.73 Å². The molecule has 3 N–H and O–H groups in total. The second kappa shape index (κ2) is 8.95. The molecule has 0 amide bonds. The number of halogens is 1. The van der Waals surface area contributed by atoms with E-state index in [2.05, 4.69) is 39.6 Å². The minimum Gasteiger partial charge on any atom is -0.460 e. The summed E-state index contributed by atoms with van der Waals surface area (Å²) in [6.07, 6.45) is 1.29. The third-order valence-electron chi connectivity index (χ3n) is 4.49. The maximum absolute atomic E-state index is 5.93. The van der Waals surface area contributed by atoms with E-state index in [1.807, 2.05) is 36.4 Å². The zero-order valence-corrected chi connectivity index (χ0v) is 16.4. The first-order valence-electron chi connectivity index (χ1n) is 9.10. The van der Waals surface area contributed by atoms with Crippen molar-refractivity contribution in [2.75, 3.05) is 13.1 Å². The van der Waals surface area contributed by atoms with Crippen LogP contribution in [0.15, 0.2) is 70.0 Å². The lowest BCUT2D eigenvalue weighted by Gasteiger charge is -2.13. The molecule has 0 saturated carbocycles. The fourth-order valence-corrected chi connectivity index (χ4v) is 4.09. The minimum absolute atomic E-state index is 0.234. The van der Waals surface area contributed by atoms with Crippen molar-refractivity contribution >= 4 is 23.5 Å². The Balaban J connectivity index is 1.16. The number of rotatable bonds is 8. The van der Waals surface area contributed by atoms with E-state index in [4.69, 9.17) is 16.0 Å². The van der Waals surface area contributed by atoms with Gasteiger partial charge in [0.05, 0.1) is 12.7 Å². The van der Waals surface area contributed by atoms with Gasteiger partial charge in [0, 0.05) is 15.5 Å². The number of fused-ring (bicyclic) bond motifs is 1. The summed E-state index contributed by atoms with van der Waals surface area (Å²) in [4.78, 5) is 1.31. The van der Waals surface area contributed by atoms with Crippen LogP contribution >= 0.6 is 23.5 Å². The molecule has 4 nitrogen and oxygen atoms in total. The molecule has 4 rings (SSSR count). The fourth-order valence-electron chi connectivity index (χ4n) is 3.06. The normalized spacial score (nSPS) is 15.8. The molecule has 2 heterocycles. The molecular weight excluding hydrogens is 378 g/mol. The summed E-state index contributed by atoms with van der Waals surface area (Å²) in [5.74, 6) is 1.81. The van der Waals surface area contributed by atoms with Crippen LogP contribution in [-0.2, 0) is 6.54 Å². The van der Waals surface area contributed by atoms with Crippen molar-refractivity contribution in [2.24, 2.45) is 0 Å². The topological polar surface area (TPSA) is 49.2 Å². The summed E-state index contributed by atoms with van der Waals surface area (Å²) in [5.41, 5.74) is 2.37. The molecule has 0 aliphatic carbocycles. The van der Waals surface area contributed by atoms with E-state index >= 15 is 0 Å². The van der Waals surface area contributed by atoms with Gasteiger partial charge >= 0.3 is 0 Å². The Bertz CT molecular complexity index is 881. The van der Waals surface area contributed by atoms with E-state index in [9.17, 15) is 0 Å². The third kappa shape index (κ3) is 4.75. The standard InChI is InChI=1S/C21H22ClN3OS/c22-16-8-6-15(7-9-16)19-11-10-17(26-19)14-23-12-3-13-24-21-18-4-1-2-5-20(18)27-25-21/h1-2,4-11,21,23-25H,3,12-14H2. The second-order valence-corrected chi connectivity index (χ2v) is 7.76. The Kier molecular flexibility index (Phi) is 6.17. The molecule has 0 bridgehead atoms. The SMILES string of the molecule is Clc1ccc(-c2ccc(CNCCCNC3NSc4ccccc43)o2)cc1. The van der Waals surface area contributed by atoms with Gasteiger partial charge in [0.15, 0.2) is 0 Å². The molecule has 3 aromatic rings. The summed E-state index contributed by atoms with van der Waals surface area (Å²) in [5, 5.41) is 7.73. The first-order chi connectivity index (χ1) is 13.3. The van der Waals surface area contributed by atoms with Crippen LogP contribution in [0, 0.1) is 0 Å². The summed E-state index contributed by atoms with van der Waals surface area (Å²) >= 11 is 7.63. The third-order valence-corrected chi connectivity index (χ3v) is 5.68. The molecule has 2 aromatic carbocycles. The van der Waals surface area contributed by atoms with Gasteiger partial charge in [-0.15, -0.1) is 0 Å². The highest BCUT2D eigenvalue weighted by atomic mass is 35.5. The lowest BCUT2D eigenvalue weighted by Crippen LogP contribution is -2.29. The van der Waals surface area contributed by atoms with Gasteiger partial charge in [-0.3, -0.25) is 5.32 Å².